The summed E-state index contributed by atoms with van der Waals surface area (Å²) in [5.74, 6) is 0. The third-order valence-corrected chi connectivity index (χ3v) is 4.66. The van der Waals surface area contributed by atoms with Gasteiger partial charge in [-0.1, -0.05) is 12.1 Å². The van der Waals surface area contributed by atoms with Gasteiger partial charge in [-0.15, -0.1) is 0 Å². The second-order valence-corrected chi connectivity index (χ2v) is 6.16. The van der Waals surface area contributed by atoms with Gasteiger partial charge in [0, 0.05) is 22.9 Å². The molecule has 0 fully saturated rings. The Balaban J connectivity index is 2.06. The van der Waals surface area contributed by atoms with Gasteiger partial charge in [0.25, 0.3) is 0 Å². The molecule has 24 heavy (non-hydrogen) atoms. The van der Waals surface area contributed by atoms with Crippen LogP contribution in [0.4, 0.5) is 5.69 Å². The SMILES string of the molecule is [C-]#[N+]c1ccc2c(oc3cc(-c4cccc[n+]4C)c(C)cc32)c1C. The van der Waals surface area contributed by atoms with Crippen LogP contribution in [0.2, 0.25) is 0 Å². The Labute approximate surface area is 140 Å². The molecule has 0 amide bonds. The van der Waals surface area contributed by atoms with Crippen LogP contribution in [0.1, 0.15) is 11.1 Å². The first-order chi connectivity index (χ1) is 11.6. The Morgan fingerprint density at radius 2 is 1.88 bits per heavy atom. The minimum absolute atomic E-state index is 0.646. The van der Waals surface area contributed by atoms with Crippen molar-refractivity contribution in [1.82, 2.24) is 0 Å². The molecule has 4 rings (SSSR count). The van der Waals surface area contributed by atoms with Gasteiger partial charge >= 0.3 is 0 Å². The van der Waals surface area contributed by atoms with E-state index in [2.05, 4.69) is 34.5 Å². The molecular formula is C21H17N2O+. The Hall–Kier alpha value is -3.12. The van der Waals surface area contributed by atoms with Crippen molar-refractivity contribution in [2.24, 2.45) is 7.05 Å². The maximum Gasteiger partial charge on any atom is 0.212 e. The number of aromatic nitrogens is 1. The number of aryl methyl sites for hydroxylation is 3. The molecule has 0 radical (unpaired) electrons. The van der Waals surface area contributed by atoms with Gasteiger partial charge in [0.15, 0.2) is 11.9 Å². The van der Waals surface area contributed by atoms with Crippen molar-refractivity contribution in [1.29, 1.82) is 0 Å². The van der Waals surface area contributed by atoms with Gasteiger partial charge in [-0.3, -0.25) is 0 Å². The zero-order chi connectivity index (χ0) is 16.8. The second-order valence-electron chi connectivity index (χ2n) is 6.16. The zero-order valence-electron chi connectivity index (χ0n) is 13.9. The van der Waals surface area contributed by atoms with Crippen molar-refractivity contribution in [3.8, 4) is 11.3 Å². The summed E-state index contributed by atoms with van der Waals surface area (Å²) in [6.45, 7) is 11.4. The van der Waals surface area contributed by atoms with Crippen LogP contribution >= 0.6 is 0 Å². The van der Waals surface area contributed by atoms with Crippen molar-refractivity contribution >= 4 is 27.6 Å². The number of pyridine rings is 1. The molecule has 0 saturated heterocycles. The highest BCUT2D eigenvalue weighted by Gasteiger charge is 2.17. The minimum Gasteiger partial charge on any atom is -0.457 e. The molecule has 0 N–H and O–H groups in total. The first-order valence-corrected chi connectivity index (χ1v) is 7.89. The number of benzene rings is 2. The fourth-order valence-electron chi connectivity index (χ4n) is 3.32. The van der Waals surface area contributed by atoms with Gasteiger partial charge in [-0.05, 0) is 43.2 Å². The summed E-state index contributed by atoms with van der Waals surface area (Å²) in [6, 6.07) is 14.3. The number of hydrogen-bond acceptors (Lipinski definition) is 1. The second kappa shape index (κ2) is 5.21. The number of hydrogen-bond donors (Lipinski definition) is 0. The average molecular weight is 313 g/mol. The Morgan fingerprint density at radius 1 is 1.04 bits per heavy atom. The number of furan rings is 1. The smallest absolute Gasteiger partial charge is 0.212 e. The zero-order valence-corrected chi connectivity index (χ0v) is 13.9. The van der Waals surface area contributed by atoms with Crippen molar-refractivity contribution in [3.05, 3.63) is 71.2 Å². The van der Waals surface area contributed by atoms with E-state index in [1.54, 1.807) is 0 Å². The summed E-state index contributed by atoms with van der Waals surface area (Å²) in [5, 5.41) is 2.17. The lowest BCUT2D eigenvalue weighted by Crippen LogP contribution is -2.30. The summed E-state index contributed by atoms with van der Waals surface area (Å²) < 4.78 is 8.24. The van der Waals surface area contributed by atoms with E-state index in [1.165, 1.54) is 5.56 Å². The third-order valence-electron chi connectivity index (χ3n) is 4.66. The topological polar surface area (TPSA) is 21.4 Å². The highest BCUT2D eigenvalue weighted by Crippen LogP contribution is 2.37. The predicted octanol–water partition coefficient (Wildman–Crippen LogP) is 5.25. The van der Waals surface area contributed by atoms with E-state index in [-0.39, 0.29) is 0 Å². The molecular weight excluding hydrogens is 296 g/mol. The lowest BCUT2D eigenvalue weighted by atomic mass is 10.0. The quantitative estimate of drug-likeness (QED) is 0.347. The Bertz CT molecular complexity index is 1150. The predicted molar refractivity (Wildman–Crippen MR) is 96.1 cm³/mol. The maximum atomic E-state index is 7.28. The van der Waals surface area contributed by atoms with Gasteiger partial charge in [0.2, 0.25) is 5.69 Å². The Kier molecular flexibility index (Phi) is 3.14. The van der Waals surface area contributed by atoms with E-state index in [0.717, 1.165) is 38.8 Å². The summed E-state index contributed by atoms with van der Waals surface area (Å²) in [4.78, 5) is 3.57. The van der Waals surface area contributed by atoms with Gasteiger partial charge < -0.3 is 4.42 Å². The minimum atomic E-state index is 0.646. The lowest BCUT2D eigenvalue weighted by molar-refractivity contribution is -0.660. The molecule has 2 aromatic heterocycles. The van der Waals surface area contributed by atoms with Crippen LogP contribution in [-0.2, 0) is 7.05 Å². The Morgan fingerprint density at radius 3 is 2.62 bits per heavy atom. The molecule has 0 aliphatic heterocycles. The molecule has 0 aliphatic carbocycles. The normalized spacial score (nSPS) is 11.1. The van der Waals surface area contributed by atoms with Gasteiger partial charge in [0.1, 0.15) is 18.2 Å². The van der Waals surface area contributed by atoms with E-state index < -0.39 is 0 Å². The van der Waals surface area contributed by atoms with Crippen LogP contribution in [0.3, 0.4) is 0 Å². The molecule has 2 heterocycles. The van der Waals surface area contributed by atoms with Crippen molar-refractivity contribution in [3.63, 3.8) is 0 Å². The summed E-state index contributed by atoms with van der Waals surface area (Å²) in [5.41, 5.74) is 6.74. The van der Waals surface area contributed by atoms with Crippen LogP contribution in [0.5, 0.6) is 0 Å². The molecule has 0 unspecified atom stereocenters. The number of nitrogens with zero attached hydrogens (tertiary/aromatic N) is 2. The van der Waals surface area contributed by atoms with Crippen LogP contribution in [0.25, 0.3) is 38.0 Å². The molecule has 0 saturated carbocycles. The fourth-order valence-corrected chi connectivity index (χ4v) is 3.32. The van der Waals surface area contributed by atoms with E-state index in [9.17, 15) is 0 Å². The molecule has 0 aliphatic rings. The van der Waals surface area contributed by atoms with Crippen molar-refractivity contribution in [2.45, 2.75) is 13.8 Å². The largest absolute Gasteiger partial charge is 0.457 e. The van der Waals surface area contributed by atoms with Crippen molar-refractivity contribution in [2.75, 3.05) is 0 Å². The molecule has 4 aromatic rings. The summed E-state index contributed by atoms with van der Waals surface area (Å²) in [6.07, 6.45) is 2.05. The highest BCUT2D eigenvalue weighted by molar-refractivity contribution is 6.08. The molecule has 3 nitrogen and oxygen atoms in total. The maximum absolute atomic E-state index is 7.28. The molecule has 0 bridgehead atoms. The van der Waals surface area contributed by atoms with Crippen LogP contribution < -0.4 is 4.57 Å². The first-order valence-electron chi connectivity index (χ1n) is 7.89. The number of fused-ring (bicyclic) bond motifs is 3. The van der Waals surface area contributed by atoms with Crippen LogP contribution in [0, 0.1) is 20.4 Å². The summed E-state index contributed by atoms with van der Waals surface area (Å²) >= 11 is 0. The van der Waals surface area contributed by atoms with E-state index in [1.807, 2.05) is 44.4 Å². The van der Waals surface area contributed by atoms with E-state index in [0.29, 0.717) is 5.69 Å². The standard InChI is InChI=1S/C21H17N2O/c1-13-11-17-15-8-9-18(22-3)14(2)21(15)24-20(17)12-16(13)19-7-5-6-10-23(19)4/h5-12H,1-2,4H3/q+1. The van der Waals surface area contributed by atoms with E-state index >= 15 is 0 Å². The van der Waals surface area contributed by atoms with Crippen LogP contribution in [0.15, 0.2) is 53.1 Å². The van der Waals surface area contributed by atoms with E-state index in [4.69, 9.17) is 11.0 Å². The fraction of sp³-hybridized carbons (Fsp3) is 0.143. The molecule has 116 valence electrons. The molecule has 0 spiro atoms. The van der Waals surface area contributed by atoms with Gasteiger partial charge in [0.05, 0.1) is 12.1 Å². The van der Waals surface area contributed by atoms with Crippen LogP contribution in [-0.4, -0.2) is 0 Å². The molecule has 3 heteroatoms. The third kappa shape index (κ3) is 2.00. The lowest BCUT2D eigenvalue weighted by Gasteiger charge is -2.04. The monoisotopic (exact) mass is 313 g/mol. The van der Waals surface area contributed by atoms with Crippen molar-refractivity contribution < 1.29 is 8.98 Å². The van der Waals surface area contributed by atoms with Gasteiger partial charge in [-0.2, -0.15) is 0 Å². The van der Waals surface area contributed by atoms with Gasteiger partial charge in [-0.25, -0.2) is 9.41 Å². The highest BCUT2D eigenvalue weighted by atomic mass is 16.3. The first kappa shape index (κ1) is 14.5. The number of rotatable bonds is 1. The molecule has 2 aromatic carbocycles. The molecule has 0 atom stereocenters. The average Bonchev–Trinajstić information content (AvgIpc) is 2.94. The summed E-state index contributed by atoms with van der Waals surface area (Å²) in [7, 11) is 2.05.